The monoisotopic (exact) mass is 328 g/mol. The molecule has 1 aromatic heterocycles. The second kappa shape index (κ2) is 6.74. The molecule has 0 fully saturated rings. The van der Waals surface area contributed by atoms with Crippen molar-refractivity contribution in [1.82, 2.24) is 14.8 Å². The van der Waals surface area contributed by atoms with Crippen LogP contribution < -0.4 is 10.1 Å². The Morgan fingerprint density at radius 3 is 2.75 bits per heavy atom. The van der Waals surface area contributed by atoms with Gasteiger partial charge in [-0.25, -0.2) is 9.48 Å². The van der Waals surface area contributed by atoms with Gasteiger partial charge in [-0.15, -0.1) is 0 Å². The van der Waals surface area contributed by atoms with Crippen LogP contribution in [-0.2, 0) is 9.53 Å². The third-order valence-electron chi connectivity index (χ3n) is 3.88. The Morgan fingerprint density at radius 1 is 1.33 bits per heavy atom. The molecule has 0 saturated carbocycles. The predicted molar refractivity (Wildman–Crippen MR) is 88.7 cm³/mol. The number of methoxy groups -OCH3 is 1. The average Bonchev–Trinajstić information content (AvgIpc) is 3.06. The molecule has 0 bridgehead atoms. The third kappa shape index (κ3) is 2.84. The van der Waals surface area contributed by atoms with Crippen molar-refractivity contribution >= 4 is 11.9 Å². The van der Waals surface area contributed by atoms with E-state index in [1.807, 2.05) is 38.1 Å². The van der Waals surface area contributed by atoms with Gasteiger partial charge in [0.15, 0.2) is 0 Å². The number of ether oxygens (including phenoxy) is 2. The Balaban J connectivity index is 2.05. The molecule has 2 aromatic rings. The van der Waals surface area contributed by atoms with E-state index in [2.05, 4.69) is 15.4 Å². The minimum atomic E-state index is -0.390. The fraction of sp³-hybridized carbons (Fsp3) is 0.353. The van der Waals surface area contributed by atoms with E-state index >= 15 is 0 Å². The molecule has 126 valence electrons. The van der Waals surface area contributed by atoms with Crippen molar-refractivity contribution in [2.45, 2.75) is 26.3 Å². The van der Waals surface area contributed by atoms with Crippen molar-refractivity contribution in [3.05, 3.63) is 47.4 Å². The molecule has 0 spiro atoms. The molecule has 3 rings (SSSR count). The molecule has 1 aliphatic rings. The summed E-state index contributed by atoms with van der Waals surface area (Å²) < 4.78 is 12.3. The second-order valence-corrected chi connectivity index (χ2v) is 5.50. The number of carbonyl (C=O) groups excluding carboxylic acids is 1. The zero-order chi connectivity index (χ0) is 17.1. The van der Waals surface area contributed by atoms with E-state index in [9.17, 15) is 4.79 Å². The molecule has 1 aliphatic heterocycles. The summed E-state index contributed by atoms with van der Waals surface area (Å²) in [7, 11) is 1.62. The molecule has 2 heterocycles. The minimum absolute atomic E-state index is 0.344. The van der Waals surface area contributed by atoms with Crippen LogP contribution in [0, 0.1) is 0 Å². The first kappa shape index (κ1) is 16.0. The Kier molecular flexibility index (Phi) is 4.50. The maximum absolute atomic E-state index is 12.6. The molecule has 0 radical (unpaired) electrons. The number of esters is 1. The van der Waals surface area contributed by atoms with Crippen molar-refractivity contribution in [3.63, 3.8) is 0 Å². The van der Waals surface area contributed by atoms with Crippen LogP contribution in [0.5, 0.6) is 5.75 Å². The van der Waals surface area contributed by atoms with Gasteiger partial charge in [0.2, 0.25) is 5.95 Å². The Morgan fingerprint density at radius 2 is 2.08 bits per heavy atom. The predicted octanol–water partition coefficient (Wildman–Crippen LogP) is 2.53. The number of hydrogen-bond acceptors (Lipinski definition) is 6. The number of anilines is 1. The Hall–Kier alpha value is -2.83. The molecular weight excluding hydrogens is 308 g/mol. The summed E-state index contributed by atoms with van der Waals surface area (Å²) in [5.74, 6) is 1.01. The molecule has 24 heavy (non-hydrogen) atoms. The van der Waals surface area contributed by atoms with Gasteiger partial charge in [-0.05, 0) is 31.0 Å². The summed E-state index contributed by atoms with van der Waals surface area (Å²) in [6.45, 7) is 4.19. The largest absolute Gasteiger partial charge is 0.497 e. The van der Waals surface area contributed by atoms with E-state index in [0.29, 0.717) is 18.1 Å². The van der Waals surface area contributed by atoms with Crippen LogP contribution in [0.4, 0.5) is 5.95 Å². The normalized spacial score (nSPS) is 16.4. The lowest BCUT2D eigenvalue weighted by Crippen LogP contribution is -2.29. The first-order valence-corrected chi connectivity index (χ1v) is 7.84. The zero-order valence-corrected chi connectivity index (χ0v) is 13.9. The maximum atomic E-state index is 12.6. The Labute approximate surface area is 140 Å². The summed E-state index contributed by atoms with van der Waals surface area (Å²) in [5, 5.41) is 7.39. The average molecular weight is 328 g/mol. The summed E-state index contributed by atoms with van der Waals surface area (Å²) in [4.78, 5) is 16.8. The quantitative estimate of drug-likeness (QED) is 0.850. The highest BCUT2D eigenvalue weighted by molar-refractivity contribution is 5.92. The molecule has 7 heteroatoms. The molecule has 1 atom stereocenters. The van der Waals surface area contributed by atoms with E-state index in [-0.39, 0.29) is 12.0 Å². The summed E-state index contributed by atoms with van der Waals surface area (Å²) >= 11 is 0. The van der Waals surface area contributed by atoms with Crippen LogP contribution in [0.2, 0.25) is 0 Å². The highest BCUT2D eigenvalue weighted by Crippen LogP contribution is 2.35. The van der Waals surface area contributed by atoms with Crippen molar-refractivity contribution < 1.29 is 14.3 Å². The lowest BCUT2D eigenvalue weighted by Gasteiger charge is -2.28. The fourth-order valence-corrected chi connectivity index (χ4v) is 2.72. The lowest BCUT2D eigenvalue weighted by atomic mass is 9.96. The number of allylic oxidation sites excluding steroid dienone is 1. The molecule has 7 nitrogen and oxygen atoms in total. The second-order valence-electron chi connectivity index (χ2n) is 5.50. The number of aromatic nitrogens is 3. The van der Waals surface area contributed by atoms with Crippen LogP contribution in [-0.4, -0.2) is 34.5 Å². The molecule has 0 unspecified atom stereocenters. The van der Waals surface area contributed by atoms with E-state index in [1.165, 1.54) is 6.33 Å². The zero-order valence-electron chi connectivity index (χ0n) is 13.9. The number of benzene rings is 1. The molecule has 1 N–H and O–H groups in total. The number of rotatable bonds is 5. The van der Waals surface area contributed by atoms with Crippen molar-refractivity contribution in [3.8, 4) is 5.75 Å². The number of fused-ring (bicyclic) bond motifs is 1. The van der Waals surface area contributed by atoms with Gasteiger partial charge in [-0.1, -0.05) is 19.1 Å². The Bertz CT molecular complexity index is 764. The van der Waals surface area contributed by atoms with Crippen LogP contribution in [0.25, 0.3) is 0 Å². The van der Waals surface area contributed by atoms with Gasteiger partial charge in [-0.3, -0.25) is 0 Å². The van der Waals surface area contributed by atoms with E-state index in [0.717, 1.165) is 23.4 Å². The number of nitrogens with zero attached hydrogens (tertiary/aromatic N) is 3. The van der Waals surface area contributed by atoms with E-state index in [1.54, 1.807) is 11.8 Å². The van der Waals surface area contributed by atoms with Crippen LogP contribution in [0.3, 0.4) is 0 Å². The molecule has 0 amide bonds. The van der Waals surface area contributed by atoms with Gasteiger partial charge in [0, 0.05) is 5.70 Å². The molecule has 0 aliphatic carbocycles. The van der Waals surface area contributed by atoms with Gasteiger partial charge in [0.1, 0.15) is 18.1 Å². The van der Waals surface area contributed by atoms with Crippen LogP contribution in [0.1, 0.15) is 31.9 Å². The molecule has 1 aromatic carbocycles. The first-order valence-electron chi connectivity index (χ1n) is 7.84. The number of hydrogen-bond donors (Lipinski definition) is 1. The fourth-order valence-electron chi connectivity index (χ4n) is 2.72. The van der Waals surface area contributed by atoms with Crippen LogP contribution >= 0.6 is 0 Å². The smallest absolute Gasteiger partial charge is 0.338 e. The first-order chi connectivity index (χ1) is 11.7. The van der Waals surface area contributed by atoms with Gasteiger partial charge in [-0.2, -0.15) is 10.1 Å². The number of nitrogens with one attached hydrogen (secondary N) is 1. The van der Waals surface area contributed by atoms with Gasteiger partial charge in [0.25, 0.3) is 0 Å². The standard InChI is InChI=1S/C17H20N4O3/c1-4-9-24-16(22)14-11(2)20-17-18-10-19-21(17)15(14)12-5-7-13(23-3)8-6-12/h5-8,10,15H,4,9H2,1-3H3,(H,18,19,20)/t15-/m1/s1. The lowest BCUT2D eigenvalue weighted by molar-refractivity contribution is -0.139. The maximum Gasteiger partial charge on any atom is 0.338 e. The van der Waals surface area contributed by atoms with Gasteiger partial charge < -0.3 is 14.8 Å². The van der Waals surface area contributed by atoms with Crippen LogP contribution in [0.15, 0.2) is 41.9 Å². The van der Waals surface area contributed by atoms with Gasteiger partial charge in [0.05, 0.1) is 19.3 Å². The molecular formula is C17H20N4O3. The van der Waals surface area contributed by atoms with E-state index < -0.39 is 0 Å². The summed E-state index contributed by atoms with van der Waals surface area (Å²) in [6, 6.07) is 7.16. The van der Waals surface area contributed by atoms with Crippen molar-refractivity contribution in [2.75, 3.05) is 19.0 Å². The SMILES string of the molecule is CCCOC(=O)C1=C(C)Nc2ncnn2[C@@H]1c1ccc(OC)cc1. The highest BCUT2D eigenvalue weighted by atomic mass is 16.5. The molecule has 0 saturated heterocycles. The summed E-state index contributed by atoms with van der Waals surface area (Å²) in [5.41, 5.74) is 2.16. The van der Waals surface area contributed by atoms with Gasteiger partial charge >= 0.3 is 5.97 Å². The summed E-state index contributed by atoms with van der Waals surface area (Å²) in [6.07, 6.45) is 2.24. The van der Waals surface area contributed by atoms with Crippen molar-refractivity contribution in [1.29, 1.82) is 0 Å². The van der Waals surface area contributed by atoms with Crippen molar-refractivity contribution in [2.24, 2.45) is 0 Å². The highest BCUT2D eigenvalue weighted by Gasteiger charge is 2.34. The topological polar surface area (TPSA) is 78.3 Å². The number of carbonyl (C=O) groups is 1. The minimum Gasteiger partial charge on any atom is -0.497 e. The third-order valence-corrected chi connectivity index (χ3v) is 3.88. The van der Waals surface area contributed by atoms with E-state index in [4.69, 9.17) is 9.47 Å².